The van der Waals surface area contributed by atoms with Gasteiger partial charge in [0.15, 0.2) is 0 Å². The van der Waals surface area contributed by atoms with E-state index in [1.807, 2.05) is 13.8 Å². The second-order valence-electron chi connectivity index (χ2n) is 6.49. The normalized spacial score (nSPS) is 20.0. The largest absolute Gasteiger partial charge is 0.465 e. The van der Waals surface area contributed by atoms with Gasteiger partial charge in [-0.25, -0.2) is 0 Å². The number of ether oxygens (including phenoxy) is 2. The summed E-state index contributed by atoms with van der Waals surface area (Å²) in [6.45, 7) is 4.38. The minimum absolute atomic E-state index is 0.00971. The standard InChI is InChI=1S/C16H28O4S2/c1-12(21)8-14(17)19-10-16(6-4-3-5-7-16)11-20-15(18)9-13(2)22/h12-13,21-22H,3-11H2,1-2H3. The smallest absolute Gasteiger partial charge is 0.306 e. The molecule has 6 heteroatoms. The van der Waals surface area contributed by atoms with Crippen LogP contribution in [0.1, 0.15) is 58.8 Å². The summed E-state index contributed by atoms with van der Waals surface area (Å²) in [5.74, 6) is -0.467. The Morgan fingerprint density at radius 1 is 0.909 bits per heavy atom. The van der Waals surface area contributed by atoms with Gasteiger partial charge in [0.1, 0.15) is 13.2 Å². The maximum atomic E-state index is 11.7. The van der Waals surface area contributed by atoms with E-state index in [4.69, 9.17) is 9.47 Å². The SMILES string of the molecule is CC(S)CC(=O)OCC1(COC(=O)CC(C)S)CCCCC1. The van der Waals surface area contributed by atoms with Crippen molar-refractivity contribution >= 4 is 37.2 Å². The van der Waals surface area contributed by atoms with Crippen molar-refractivity contribution in [2.24, 2.45) is 5.41 Å². The molecule has 1 fully saturated rings. The van der Waals surface area contributed by atoms with Gasteiger partial charge in [-0.15, -0.1) is 0 Å². The molecule has 22 heavy (non-hydrogen) atoms. The van der Waals surface area contributed by atoms with Gasteiger partial charge in [-0.2, -0.15) is 25.3 Å². The van der Waals surface area contributed by atoms with E-state index in [1.165, 1.54) is 6.42 Å². The summed E-state index contributed by atoms with van der Waals surface area (Å²) < 4.78 is 10.8. The Labute approximate surface area is 144 Å². The van der Waals surface area contributed by atoms with Crippen LogP contribution in [-0.2, 0) is 19.1 Å². The summed E-state index contributed by atoms with van der Waals surface area (Å²) in [4.78, 5) is 23.5. The third-order valence-corrected chi connectivity index (χ3v) is 4.28. The molecule has 0 amide bonds. The zero-order valence-corrected chi connectivity index (χ0v) is 15.3. The molecule has 0 saturated heterocycles. The predicted octanol–water partition coefficient (Wildman–Crippen LogP) is 3.44. The molecule has 1 saturated carbocycles. The van der Waals surface area contributed by atoms with E-state index < -0.39 is 0 Å². The molecule has 4 nitrogen and oxygen atoms in total. The Kier molecular flexibility index (Phi) is 8.69. The van der Waals surface area contributed by atoms with Crippen molar-refractivity contribution in [1.29, 1.82) is 0 Å². The fourth-order valence-corrected chi connectivity index (χ4v) is 3.00. The molecule has 1 aliphatic carbocycles. The van der Waals surface area contributed by atoms with Crippen LogP contribution in [0.4, 0.5) is 0 Å². The minimum atomic E-state index is -0.234. The fourth-order valence-electron chi connectivity index (χ4n) is 2.70. The zero-order chi connectivity index (χ0) is 16.6. The highest BCUT2D eigenvalue weighted by atomic mass is 32.1. The van der Waals surface area contributed by atoms with Crippen LogP contribution >= 0.6 is 25.3 Å². The number of hydrogen-bond acceptors (Lipinski definition) is 6. The van der Waals surface area contributed by atoms with Gasteiger partial charge < -0.3 is 9.47 Å². The lowest BCUT2D eigenvalue weighted by Crippen LogP contribution is -2.36. The van der Waals surface area contributed by atoms with Crippen LogP contribution in [0, 0.1) is 5.41 Å². The van der Waals surface area contributed by atoms with Crippen LogP contribution in [0.15, 0.2) is 0 Å². The summed E-state index contributed by atoms with van der Waals surface area (Å²) in [6, 6.07) is 0. The fraction of sp³-hybridized carbons (Fsp3) is 0.875. The van der Waals surface area contributed by atoms with E-state index in [1.54, 1.807) is 0 Å². The number of hydrogen-bond donors (Lipinski definition) is 2. The van der Waals surface area contributed by atoms with Gasteiger partial charge in [0.25, 0.3) is 0 Å². The number of carbonyl (C=O) groups is 2. The summed E-state index contributed by atoms with van der Waals surface area (Å²) >= 11 is 8.40. The van der Waals surface area contributed by atoms with Crippen molar-refractivity contribution in [3.63, 3.8) is 0 Å². The second-order valence-corrected chi connectivity index (χ2v) is 8.25. The Balaban J connectivity index is 2.50. The van der Waals surface area contributed by atoms with Crippen LogP contribution < -0.4 is 0 Å². The van der Waals surface area contributed by atoms with Crippen molar-refractivity contribution in [3.8, 4) is 0 Å². The molecule has 128 valence electrons. The first-order chi connectivity index (χ1) is 10.3. The molecule has 1 rings (SSSR count). The first-order valence-corrected chi connectivity index (χ1v) is 9.04. The summed E-state index contributed by atoms with van der Waals surface area (Å²) in [6.07, 6.45) is 5.82. The zero-order valence-electron chi connectivity index (χ0n) is 13.5. The topological polar surface area (TPSA) is 52.6 Å². The highest BCUT2D eigenvalue weighted by Crippen LogP contribution is 2.37. The van der Waals surface area contributed by atoms with Crippen LogP contribution in [-0.4, -0.2) is 35.7 Å². The van der Waals surface area contributed by atoms with Gasteiger partial charge in [0, 0.05) is 15.9 Å². The Morgan fingerprint density at radius 3 is 1.68 bits per heavy atom. The molecule has 1 aliphatic rings. The van der Waals surface area contributed by atoms with E-state index >= 15 is 0 Å². The predicted molar refractivity (Wildman–Crippen MR) is 93.6 cm³/mol. The average molecular weight is 349 g/mol. The van der Waals surface area contributed by atoms with Gasteiger partial charge in [-0.1, -0.05) is 33.1 Å². The molecule has 0 bridgehead atoms. The van der Waals surface area contributed by atoms with Gasteiger partial charge in [-0.3, -0.25) is 9.59 Å². The lowest BCUT2D eigenvalue weighted by molar-refractivity contribution is -0.155. The molecule has 2 atom stereocenters. The Hall–Kier alpha value is -0.360. The number of thiol groups is 2. The summed E-state index contributed by atoms with van der Waals surface area (Å²) in [5, 5.41) is -0.0194. The van der Waals surface area contributed by atoms with Gasteiger partial charge in [0.2, 0.25) is 0 Å². The first kappa shape index (κ1) is 19.7. The van der Waals surface area contributed by atoms with Crippen molar-refractivity contribution < 1.29 is 19.1 Å². The van der Waals surface area contributed by atoms with Crippen molar-refractivity contribution in [2.75, 3.05) is 13.2 Å². The van der Waals surface area contributed by atoms with Crippen molar-refractivity contribution in [1.82, 2.24) is 0 Å². The maximum absolute atomic E-state index is 11.7. The van der Waals surface area contributed by atoms with Crippen LogP contribution in [0.2, 0.25) is 0 Å². The summed E-state index contributed by atoms with van der Waals surface area (Å²) in [7, 11) is 0. The summed E-state index contributed by atoms with van der Waals surface area (Å²) in [5.41, 5.74) is -0.219. The third kappa shape index (κ3) is 7.77. The Bertz CT molecular complexity index is 335. The quantitative estimate of drug-likeness (QED) is 0.521. The van der Waals surface area contributed by atoms with Crippen LogP contribution in [0.5, 0.6) is 0 Å². The van der Waals surface area contributed by atoms with E-state index in [0.717, 1.165) is 25.7 Å². The van der Waals surface area contributed by atoms with E-state index in [0.29, 0.717) is 26.1 Å². The molecule has 0 aromatic heterocycles. The lowest BCUT2D eigenvalue weighted by atomic mass is 9.75. The maximum Gasteiger partial charge on any atom is 0.306 e. The van der Waals surface area contributed by atoms with Gasteiger partial charge >= 0.3 is 11.9 Å². The molecule has 0 spiro atoms. The molecule has 0 aliphatic heterocycles. The number of carbonyl (C=O) groups excluding carboxylic acids is 2. The number of esters is 2. The van der Waals surface area contributed by atoms with E-state index in [9.17, 15) is 9.59 Å². The first-order valence-electron chi connectivity index (χ1n) is 8.00. The number of rotatable bonds is 8. The highest BCUT2D eigenvalue weighted by molar-refractivity contribution is 7.81. The third-order valence-electron chi connectivity index (χ3n) is 3.92. The molecule has 0 aromatic carbocycles. The second kappa shape index (κ2) is 9.71. The molecule has 0 N–H and O–H groups in total. The monoisotopic (exact) mass is 348 g/mol. The highest BCUT2D eigenvalue weighted by Gasteiger charge is 2.35. The van der Waals surface area contributed by atoms with Crippen molar-refractivity contribution in [3.05, 3.63) is 0 Å². The van der Waals surface area contributed by atoms with Gasteiger partial charge in [0.05, 0.1) is 12.8 Å². The average Bonchev–Trinajstić information content (AvgIpc) is 2.43. The van der Waals surface area contributed by atoms with E-state index in [2.05, 4.69) is 25.3 Å². The van der Waals surface area contributed by atoms with Crippen LogP contribution in [0.3, 0.4) is 0 Å². The molecule has 0 aromatic rings. The molecular formula is C16H28O4S2. The Morgan fingerprint density at radius 2 is 1.32 bits per heavy atom. The lowest BCUT2D eigenvalue weighted by Gasteiger charge is -2.36. The minimum Gasteiger partial charge on any atom is -0.465 e. The van der Waals surface area contributed by atoms with Gasteiger partial charge in [-0.05, 0) is 12.8 Å². The van der Waals surface area contributed by atoms with Crippen molar-refractivity contribution in [2.45, 2.75) is 69.3 Å². The molecule has 0 heterocycles. The molecule has 2 unspecified atom stereocenters. The van der Waals surface area contributed by atoms with Crippen LogP contribution in [0.25, 0.3) is 0 Å². The molecule has 0 radical (unpaired) electrons. The molecular weight excluding hydrogens is 320 g/mol. The van der Waals surface area contributed by atoms with E-state index in [-0.39, 0.29) is 27.9 Å².